The second kappa shape index (κ2) is 9.98. The maximum Gasteiger partial charge on any atom is 0.302 e. The van der Waals surface area contributed by atoms with Crippen molar-refractivity contribution in [1.29, 1.82) is 0 Å². The molecule has 0 aliphatic carbocycles. The van der Waals surface area contributed by atoms with Gasteiger partial charge in [0, 0.05) is 30.0 Å². The molecule has 31 heavy (non-hydrogen) atoms. The van der Waals surface area contributed by atoms with Gasteiger partial charge in [-0.15, -0.1) is 11.3 Å². The number of rotatable bonds is 8. The van der Waals surface area contributed by atoms with Crippen molar-refractivity contribution in [2.45, 2.75) is 39.0 Å². The molecule has 0 bridgehead atoms. The Labute approximate surface area is 187 Å². The van der Waals surface area contributed by atoms with Crippen molar-refractivity contribution in [2.75, 3.05) is 13.7 Å². The van der Waals surface area contributed by atoms with Gasteiger partial charge < -0.3 is 19.5 Å². The SMILES string of the molecule is COc1c(OCc2ccccc2)ccc(C[C@@H]2NCCc3sccc32)c1COC(C)=O. The van der Waals surface area contributed by atoms with E-state index in [1.165, 1.54) is 17.4 Å². The first kappa shape index (κ1) is 21.4. The summed E-state index contributed by atoms with van der Waals surface area (Å²) in [5.41, 5.74) is 4.37. The van der Waals surface area contributed by atoms with Crippen LogP contribution in [0.2, 0.25) is 0 Å². The van der Waals surface area contributed by atoms with Gasteiger partial charge in [-0.1, -0.05) is 36.4 Å². The van der Waals surface area contributed by atoms with E-state index in [9.17, 15) is 4.79 Å². The van der Waals surface area contributed by atoms with Crippen LogP contribution < -0.4 is 14.8 Å². The lowest BCUT2D eigenvalue weighted by Crippen LogP contribution is -2.30. The lowest BCUT2D eigenvalue weighted by molar-refractivity contribution is -0.142. The Morgan fingerprint density at radius 3 is 2.74 bits per heavy atom. The number of esters is 1. The van der Waals surface area contributed by atoms with Gasteiger partial charge in [0.05, 0.1) is 7.11 Å². The van der Waals surface area contributed by atoms with Crippen LogP contribution >= 0.6 is 11.3 Å². The fourth-order valence-corrected chi connectivity index (χ4v) is 4.92. The molecule has 1 N–H and O–H groups in total. The Morgan fingerprint density at radius 1 is 1.13 bits per heavy atom. The van der Waals surface area contributed by atoms with Crippen molar-refractivity contribution in [1.82, 2.24) is 5.32 Å². The summed E-state index contributed by atoms with van der Waals surface area (Å²) in [4.78, 5) is 13.0. The van der Waals surface area contributed by atoms with E-state index in [2.05, 4.69) is 22.8 Å². The van der Waals surface area contributed by atoms with E-state index in [1.807, 2.05) is 47.7 Å². The van der Waals surface area contributed by atoms with Gasteiger partial charge >= 0.3 is 5.97 Å². The molecular formula is C25H27NO4S. The molecule has 0 fully saturated rings. The maximum atomic E-state index is 11.5. The minimum atomic E-state index is -0.320. The zero-order valence-electron chi connectivity index (χ0n) is 17.9. The van der Waals surface area contributed by atoms with Crippen LogP contribution in [0.4, 0.5) is 0 Å². The number of fused-ring (bicyclic) bond motifs is 1. The zero-order valence-corrected chi connectivity index (χ0v) is 18.7. The number of hydrogen-bond acceptors (Lipinski definition) is 6. The Hall–Kier alpha value is -2.83. The number of ether oxygens (including phenoxy) is 3. The molecule has 0 saturated carbocycles. The number of nitrogens with one attached hydrogen (secondary N) is 1. The largest absolute Gasteiger partial charge is 0.492 e. The number of methoxy groups -OCH3 is 1. The van der Waals surface area contributed by atoms with E-state index in [0.29, 0.717) is 18.1 Å². The van der Waals surface area contributed by atoms with E-state index in [4.69, 9.17) is 14.2 Å². The molecule has 0 unspecified atom stereocenters. The summed E-state index contributed by atoms with van der Waals surface area (Å²) >= 11 is 1.82. The molecule has 0 amide bonds. The maximum absolute atomic E-state index is 11.5. The Kier molecular flexibility index (Phi) is 6.89. The van der Waals surface area contributed by atoms with Gasteiger partial charge in [0.15, 0.2) is 11.5 Å². The van der Waals surface area contributed by atoms with Crippen LogP contribution in [-0.2, 0) is 35.6 Å². The van der Waals surface area contributed by atoms with Crippen LogP contribution in [0.15, 0.2) is 53.9 Å². The molecule has 162 valence electrons. The highest BCUT2D eigenvalue weighted by molar-refractivity contribution is 7.10. The molecule has 3 aromatic rings. The molecule has 6 heteroatoms. The van der Waals surface area contributed by atoms with E-state index in [-0.39, 0.29) is 18.6 Å². The Bertz CT molecular complexity index is 1030. The van der Waals surface area contributed by atoms with Gasteiger partial charge in [-0.3, -0.25) is 4.79 Å². The van der Waals surface area contributed by atoms with Gasteiger partial charge in [-0.05, 0) is 47.0 Å². The van der Waals surface area contributed by atoms with Gasteiger partial charge in [-0.2, -0.15) is 0 Å². The van der Waals surface area contributed by atoms with E-state index >= 15 is 0 Å². The fourth-order valence-electron chi connectivity index (χ4n) is 3.98. The quantitative estimate of drug-likeness (QED) is 0.512. The standard InChI is InChI=1S/C25H27NO4S/c1-17(27)29-16-21-19(14-22-20-11-13-31-24(20)10-12-26-22)8-9-23(25(21)28-2)30-15-18-6-4-3-5-7-18/h3-9,11,13,22,26H,10,12,14-16H2,1-2H3/t22-/m0/s1. The summed E-state index contributed by atoms with van der Waals surface area (Å²) in [5.74, 6) is 0.945. The van der Waals surface area contributed by atoms with E-state index < -0.39 is 0 Å². The van der Waals surface area contributed by atoms with Crippen molar-refractivity contribution in [3.63, 3.8) is 0 Å². The summed E-state index contributed by atoms with van der Waals surface area (Å²) in [6, 6.07) is 16.4. The van der Waals surface area contributed by atoms with Crippen molar-refractivity contribution >= 4 is 17.3 Å². The molecule has 0 spiro atoms. The molecule has 1 aliphatic rings. The molecule has 0 radical (unpaired) electrons. The molecule has 1 aliphatic heterocycles. The average molecular weight is 438 g/mol. The molecule has 1 aromatic heterocycles. The molecule has 2 heterocycles. The first-order valence-corrected chi connectivity index (χ1v) is 11.3. The summed E-state index contributed by atoms with van der Waals surface area (Å²) in [6.07, 6.45) is 1.86. The normalized spacial score (nSPS) is 15.2. The van der Waals surface area contributed by atoms with Crippen LogP contribution in [0.5, 0.6) is 11.5 Å². The molecule has 2 aromatic carbocycles. The van der Waals surface area contributed by atoms with Gasteiger partial charge in [0.25, 0.3) is 0 Å². The third-order valence-corrected chi connectivity index (χ3v) is 6.50. The number of hydrogen-bond donors (Lipinski definition) is 1. The van der Waals surface area contributed by atoms with Crippen molar-refractivity contribution in [3.05, 3.63) is 81.0 Å². The second-order valence-electron chi connectivity index (χ2n) is 7.55. The lowest BCUT2D eigenvalue weighted by Gasteiger charge is -2.26. The lowest BCUT2D eigenvalue weighted by atomic mass is 9.93. The van der Waals surface area contributed by atoms with Crippen LogP contribution in [0.1, 0.15) is 40.1 Å². The summed E-state index contributed by atoms with van der Waals surface area (Å²) in [7, 11) is 1.63. The summed E-state index contributed by atoms with van der Waals surface area (Å²) in [6.45, 7) is 2.97. The second-order valence-corrected chi connectivity index (χ2v) is 8.55. The fraction of sp³-hybridized carbons (Fsp3) is 0.320. The van der Waals surface area contributed by atoms with Gasteiger partial charge in [0.1, 0.15) is 13.2 Å². The Balaban J connectivity index is 1.62. The smallest absolute Gasteiger partial charge is 0.302 e. The first-order chi connectivity index (χ1) is 15.2. The average Bonchev–Trinajstić information content (AvgIpc) is 3.27. The first-order valence-electron chi connectivity index (χ1n) is 10.4. The van der Waals surface area contributed by atoms with Crippen molar-refractivity contribution < 1.29 is 19.0 Å². The number of carbonyl (C=O) groups excluding carboxylic acids is 1. The van der Waals surface area contributed by atoms with Gasteiger partial charge in [-0.25, -0.2) is 0 Å². The van der Waals surface area contributed by atoms with Crippen LogP contribution in [-0.4, -0.2) is 19.6 Å². The topological polar surface area (TPSA) is 56.8 Å². The minimum Gasteiger partial charge on any atom is -0.492 e. The van der Waals surface area contributed by atoms with Crippen molar-refractivity contribution in [2.24, 2.45) is 0 Å². The molecule has 4 rings (SSSR count). The highest BCUT2D eigenvalue weighted by Gasteiger charge is 2.24. The molecule has 5 nitrogen and oxygen atoms in total. The predicted molar refractivity (Wildman–Crippen MR) is 122 cm³/mol. The molecular weight excluding hydrogens is 410 g/mol. The summed E-state index contributed by atoms with van der Waals surface area (Å²) < 4.78 is 17.2. The third kappa shape index (κ3) is 5.09. The van der Waals surface area contributed by atoms with E-state index in [0.717, 1.165) is 36.1 Å². The number of carbonyl (C=O) groups is 1. The minimum absolute atomic E-state index is 0.152. The highest BCUT2D eigenvalue weighted by Crippen LogP contribution is 2.38. The Morgan fingerprint density at radius 2 is 1.97 bits per heavy atom. The zero-order chi connectivity index (χ0) is 21.6. The predicted octanol–water partition coefficient (Wildman–Crippen LogP) is 4.83. The molecule has 1 atom stereocenters. The van der Waals surface area contributed by atoms with E-state index in [1.54, 1.807) is 7.11 Å². The van der Waals surface area contributed by atoms with Crippen molar-refractivity contribution in [3.8, 4) is 11.5 Å². The monoisotopic (exact) mass is 437 g/mol. The van der Waals surface area contributed by atoms with Crippen LogP contribution in [0.25, 0.3) is 0 Å². The van der Waals surface area contributed by atoms with Gasteiger partial charge in [0.2, 0.25) is 0 Å². The van der Waals surface area contributed by atoms with Crippen LogP contribution in [0, 0.1) is 0 Å². The third-order valence-electron chi connectivity index (χ3n) is 5.50. The number of benzene rings is 2. The summed E-state index contributed by atoms with van der Waals surface area (Å²) in [5, 5.41) is 5.79. The van der Waals surface area contributed by atoms with Crippen LogP contribution in [0.3, 0.4) is 0 Å². The highest BCUT2D eigenvalue weighted by atomic mass is 32.1. The molecule has 0 saturated heterocycles. The number of thiophene rings is 1.